The molecule has 2 aromatic carbocycles. The van der Waals surface area contributed by atoms with Crippen LogP contribution in [0, 0.1) is 13.8 Å². The molecule has 32 heavy (non-hydrogen) atoms. The first kappa shape index (κ1) is 21.1. The number of nitrogens with one attached hydrogen (secondary N) is 2. The zero-order chi connectivity index (χ0) is 22.5. The minimum absolute atomic E-state index is 0.0890. The van der Waals surface area contributed by atoms with Crippen LogP contribution in [-0.4, -0.2) is 21.6 Å². The number of benzene rings is 2. The maximum absolute atomic E-state index is 12.6. The Hall–Kier alpha value is -4.13. The van der Waals surface area contributed by atoms with Gasteiger partial charge in [-0.2, -0.15) is 5.10 Å². The van der Waals surface area contributed by atoms with Gasteiger partial charge in [0.1, 0.15) is 0 Å². The van der Waals surface area contributed by atoms with Crippen LogP contribution >= 0.6 is 0 Å². The minimum Gasteiger partial charge on any atom is -0.459 e. The summed E-state index contributed by atoms with van der Waals surface area (Å²) in [5.74, 6) is -0.170. The summed E-state index contributed by atoms with van der Waals surface area (Å²) in [4.78, 5) is 24.8. The summed E-state index contributed by atoms with van der Waals surface area (Å²) in [6.07, 6.45) is 1.70. The first-order valence-corrected chi connectivity index (χ1v) is 10.3. The standard InChI is InChI=1S/C25H24N4O3/c1-17-22(18(2)29(28-17)21-10-4-3-5-11-21)15-24(30)26-16-19-8-6-9-20(14-19)27-25(31)23-12-7-13-32-23/h3-14H,15-16H2,1-2H3,(H,26,30)(H,27,31). The molecule has 4 aromatic rings. The summed E-state index contributed by atoms with van der Waals surface area (Å²) in [5, 5.41) is 10.3. The molecule has 162 valence electrons. The second-order valence-corrected chi connectivity index (χ2v) is 7.48. The Morgan fingerprint density at radius 2 is 1.81 bits per heavy atom. The van der Waals surface area contributed by atoms with E-state index in [1.54, 1.807) is 18.2 Å². The predicted octanol–water partition coefficient (Wildman–Crippen LogP) is 4.19. The third kappa shape index (κ3) is 4.78. The molecule has 0 atom stereocenters. The van der Waals surface area contributed by atoms with Crippen LogP contribution in [0.5, 0.6) is 0 Å². The van der Waals surface area contributed by atoms with Gasteiger partial charge >= 0.3 is 0 Å². The molecule has 0 saturated carbocycles. The Labute approximate surface area is 186 Å². The van der Waals surface area contributed by atoms with Crippen molar-refractivity contribution in [3.63, 3.8) is 0 Å². The molecular formula is C25H24N4O3. The molecule has 0 aliphatic rings. The molecule has 0 unspecified atom stereocenters. The maximum Gasteiger partial charge on any atom is 0.291 e. The highest BCUT2D eigenvalue weighted by molar-refractivity contribution is 6.02. The molecule has 0 saturated heterocycles. The van der Waals surface area contributed by atoms with Crippen LogP contribution in [0.2, 0.25) is 0 Å². The summed E-state index contributed by atoms with van der Waals surface area (Å²) < 4.78 is 6.97. The van der Waals surface area contributed by atoms with Crippen molar-refractivity contribution in [2.75, 3.05) is 5.32 Å². The molecule has 2 N–H and O–H groups in total. The van der Waals surface area contributed by atoms with E-state index in [1.165, 1.54) is 6.26 Å². The highest BCUT2D eigenvalue weighted by Gasteiger charge is 2.16. The van der Waals surface area contributed by atoms with Crippen LogP contribution in [0.15, 0.2) is 77.4 Å². The van der Waals surface area contributed by atoms with Gasteiger partial charge in [-0.3, -0.25) is 9.59 Å². The summed E-state index contributed by atoms with van der Waals surface area (Å²) in [6, 6.07) is 20.5. The highest BCUT2D eigenvalue weighted by Crippen LogP contribution is 2.18. The van der Waals surface area contributed by atoms with Crippen LogP contribution < -0.4 is 10.6 Å². The van der Waals surface area contributed by atoms with Crippen molar-refractivity contribution in [1.82, 2.24) is 15.1 Å². The van der Waals surface area contributed by atoms with E-state index in [0.29, 0.717) is 12.2 Å². The number of para-hydroxylation sites is 1. The number of furan rings is 1. The van der Waals surface area contributed by atoms with Crippen molar-refractivity contribution < 1.29 is 14.0 Å². The number of hydrogen-bond donors (Lipinski definition) is 2. The molecule has 2 amide bonds. The molecule has 7 nitrogen and oxygen atoms in total. The number of rotatable bonds is 7. The number of anilines is 1. The second kappa shape index (κ2) is 9.34. The highest BCUT2D eigenvalue weighted by atomic mass is 16.3. The molecule has 0 fully saturated rings. The van der Waals surface area contributed by atoms with Gasteiger partial charge in [0.25, 0.3) is 5.91 Å². The van der Waals surface area contributed by atoms with Gasteiger partial charge in [0.15, 0.2) is 5.76 Å². The van der Waals surface area contributed by atoms with Crippen LogP contribution in [0.3, 0.4) is 0 Å². The average Bonchev–Trinajstić information content (AvgIpc) is 3.43. The molecule has 2 heterocycles. The topological polar surface area (TPSA) is 89.2 Å². The Morgan fingerprint density at radius 3 is 2.56 bits per heavy atom. The zero-order valence-electron chi connectivity index (χ0n) is 18.0. The monoisotopic (exact) mass is 428 g/mol. The number of amides is 2. The number of carbonyl (C=O) groups excluding carboxylic acids is 2. The third-order valence-electron chi connectivity index (χ3n) is 5.20. The molecule has 0 aliphatic heterocycles. The number of aromatic nitrogens is 2. The minimum atomic E-state index is -0.322. The van der Waals surface area contributed by atoms with Crippen LogP contribution in [0.1, 0.15) is 33.1 Å². The molecule has 0 aliphatic carbocycles. The molecular weight excluding hydrogens is 404 g/mol. The lowest BCUT2D eigenvalue weighted by atomic mass is 10.1. The van der Waals surface area contributed by atoms with E-state index in [9.17, 15) is 9.59 Å². The Morgan fingerprint density at radius 1 is 1.00 bits per heavy atom. The van der Waals surface area contributed by atoms with Gasteiger partial charge in [-0.25, -0.2) is 4.68 Å². The molecule has 7 heteroatoms. The molecule has 0 spiro atoms. The van der Waals surface area contributed by atoms with Gasteiger partial charge in [-0.05, 0) is 55.8 Å². The van der Waals surface area contributed by atoms with E-state index in [1.807, 2.05) is 67.1 Å². The molecule has 4 rings (SSSR count). The average molecular weight is 428 g/mol. The summed E-state index contributed by atoms with van der Waals surface area (Å²) in [7, 11) is 0. The first-order valence-electron chi connectivity index (χ1n) is 10.3. The first-order chi connectivity index (χ1) is 15.5. The Balaban J connectivity index is 1.38. The number of aryl methyl sites for hydroxylation is 1. The molecule has 0 bridgehead atoms. The Kier molecular flexibility index (Phi) is 6.17. The van der Waals surface area contributed by atoms with E-state index < -0.39 is 0 Å². The van der Waals surface area contributed by atoms with E-state index in [-0.39, 0.29) is 24.0 Å². The van der Waals surface area contributed by atoms with Crippen molar-refractivity contribution in [2.45, 2.75) is 26.8 Å². The SMILES string of the molecule is Cc1nn(-c2ccccc2)c(C)c1CC(=O)NCc1cccc(NC(=O)c2ccco2)c1. The van der Waals surface area contributed by atoms with Gasteiger partial charge in [-0.15, -0.1) is 0 Å². The Bertz CT molecular complexity index is 1230. The van der Waals surface area contributed by atoms with Gasteiger partial charge in [-0.1, -0.05) is 30.3 Å². The fourth-order valence-corrected chi connectivity index (χ4v) is 3.53. The lowest BCUT2D eigenvalue weighted by Crippen LogP contribution is -2.25. The summed E-state index contributed by atoms with van der Waals surface area (Å²) >= 11 is 0. The van der Waals surface area contributed by atoms with Gasteiger partial charge in [0.05, 0.1) is 24.1 Å². The fourth-order valence-electron chi connectivity index (χ4n) is 3.53. The smallest absolute Gasteiger partial charge is 0.291 e. The van der Waals surface area contributed by atoms with Crippen molar-refractivity contribution in [3.05, 3.63) is 101 Å². The van der Waals surface area contributed by atoms with Crippen molar-refractivity contribution in [2.24, 2.45) is 0 Å². The lowest BCUT2D eigenvalue weighted by Gasteiger charge is -2.09. The van der Waals surface area contributed by atoms with Gasteiger partial charge < -0.3 is 15.1 Å². The number of hydrogen-bond acceptors (Lipinski definition) is 4. The van der Waals surface area contributed by atoms with E-state index in [2.05, 4.69) is 15.7 Å². The summed E-state index contributed by atoms with van der Waals surface area (Å²) in [6.45, 7) is 4.25. The largest absolute Gasteiger partial charge is 0.459 e. The second-order valence-electron chi connectivity index (χ2n) is 7.48. The fraction of sp³-hybridized carbons (Fsp3) is 0.160. The van der Waals surface area contributed by atoms with Crippen LogP contribution in [0.25, 0.3) is 5.69 Å². The quantitative estimate of drug-likeness (QED) is 0.462. The lowest BCUT2D eigenvalue weighted by molar-refractivity contribution is -0.120. The van der Waals surface area contributed by atoms with Gasteiger partial charge in [0.2, 0.25) is 5.91 Å². The van der Waals surface area contributed by atoms with Crippen LogP contribution in [-0.2, 0) is 17.8 Å². The third-order valence-corrected chi connectivity index (χ3v) is 5.20. The van der Waals surface area contributed by atoms with Crippen molar-refractivity contribution >= 4 is 17.5 Å². The van der Waals surface area contributed by atoms with E-state index in [4.69, 9.17) is 4.42 Å². The van der Waals surface area contributed by atoms with Crippen LogP contribution in [0.4, 0.5) is 5.69 Å². The molecule has 0 radical (unpaired) electrons. The van der Waals surface area contributed by atoms with Crippen molar-refractivity contribution in [1.29, 1.82) is 0 Å². The number of carbonyl (C=O) groups is 2. The maximum atomic E-state index is 12.6. The molecule has 2 aromatic heterocycles. The number of nitrogens with zero attached hydrogens (tertiary/aromatic N) is 2. The normalized spacial score (nSPS) is 10.7. The zero-order valence-corrected chi connectivity index (χ0v) is 18.0. The van der Waals surface area contributed by atoms with Crippen molar-refractivity contribution in [3.8, 4) is 5.69 Å². The van der Waals surface area contributed by atoms with Gasteiger partial charge in [0, 0.05) is 23.5 Å². The van der Waals surface area contributed by atoms with E-state index >= 15 is 0 Å². The predicted molar refractivity (Wildman–Crippen MR) is 122 cm³/mol. The van der Waals surface area contributed by atoms with E-state index in [0.717, 1.165) is 28.2 Å². The summed E-state index contributed by atoms with van der Waals surface area (Å²) in [5.41, 5.74) is 5.19.